The van der Waals surface area contributed by atoms with Crippen LogP contribution >= 0.6 is 12.4 Å². The lowest BCUT2D eigenvalue weighted by Gasteiger charge is -2.31. The Morgan fingerprint density at radius 1 is 1.13 bits per heavy atom. The number of halogens is 4. The first-order valence-corrected chi connectivity index (χ1v) is 9.07. The van der Waals surface area contributed by atoms with Crippen LogP contribution in [0.1, 0.15) is 34.3 Å². The topological polar surface area (TPSA) is 72.7 Å². The summed E-state index contributed by atoms with van der Waals surface area (Å²) in [6.45, 7) is 2.13. The molecule has 1 saturated heterocycles. The fourth-order valence-corrected chi connectivity index (χ4v) is 3.27. The minimum absolute atomic E-state index is 0. The number of hydrogen-bond donors (Lipinski definition) is 0. The molecule has 6 nitrogen and oxygen atoms in total. The number of hydrogen-bond acceptors (Lipinski definition) is 5. The van der Waals surface area contributed by atoms with Gasteiger partial charge in [0.05, 0.1) is 10.5 Å². The maximum Gasteiger partial charge on any atom is 0.416 e. The highest BCUT2D eigenvalue weighted by Gasteiger charge is 2.35. The monoisotopic (exact) mass is 444 g/mol. The van der Waals surface area contributed by atoms with Gasteiger partial charge < -0.3 is 4.74 Å². The van der Waals surface area contributed by atoms with Gasteiger partial charge in [0.1, 0.15) is 11.7 Å². The molecule has 30 heavy (non-hydrogen) atoms. The summed E-state index contributed by atoms with van der Waals surface area (Å²) in [5, 5.41) is 11.1. The van der Waals surface area contributed by atoms with E-state index >= 15 is 0 Å². The molecule has 1 heterocycles. The number of piperidine rings is 1. The molecule has 0 saturated carbocycles. The number of carbonyl (C=O) groups is 1. The molecule has 2 aromatic rings. The smallest absolute Gasteiger partial charge is 0.416 e. The van der Waals surface area contributed by atoms with E-state index in [2.05, 4.69) is 4.90 Å². The molecule has 0 N–H and O–H groups in total. The first kappa shape index (κ1) is 23.6. The quantitative estimate of drug-likeness (QED) is 0.374. The van der Waals surface area contributed by atoms with Crippen molar-refractivity contribution in [2.45, 2.75) is 31.7 Å². The van der Waals surface area contributed by atoms with E-state index in [0.717, 1.165) is 12.6 Å². The summed E-state index contributed by atoms with van der Waals surface area (Å²) in [7, 11) is 0. The first-order chi connectivity index (χ1) is 13.7. The van der Waals surface area contributed by atoms with Crippen molar-refractivity contribution in [2.24, 2.45) is 0 Å². The van der Waals surface area contributed by atoms with Crippen LogP contribution in [0.4, 0.5) is 18.9 Å². The number of carbonyl (C=O) groups excluding carboxylic acids is 1. The van der Waals surface area contributed by atoms with Crippen LogP contribution in [-0.4, -0.2) is 35.0 Å². The van der Waals surface area contributed by atoms with Crippen LogP contribution in [0.25, 0.3) is 0 Å². The number of rotatable bonds is 5. The zero-order valence-electron chi connectivity index (χ0n) is 15.8. The van der Waals surface area contributed by atoms with Crippen LogP contribution in [0.15, 0.2) is 48.5 Å². The molecule has 0 unspecified atom stereocenters. The summed E-state index contributed by atoms with van der Waals surface area (Å²) in [5.41, 5.74) is -1.40. The van der Waals surface area contributed by atoms with Gasteiger partial charge in [-0.15, -0.1) is 12.4 Å². The second kappa shape index (κ2) is 9.90. The molecule has 1 aliphatic rings. The maximum absolute atomic E-state index is 12.8. The number of alkyl halides is 3. The summed E-state index contributed by atoms with van der Waals surface area (Å²) in [6.07, 6.45) is -4.07. The standard InChI is InChI=1S/C20H19F3N2O4.ClH/c21-20(22,23)15-6-7-17(18(12-15)25(27)28)19(26)29-16-8-10-24(11-9-16)13-14-4-2-1-3-5-14;/h1-7,12,16H,8-11,13H2;1H. The van der Waals surface area contributed by atoms with Crippen molar-refractivity contribution >= 4 is 24.1 Å². The van der Waals surface area contributed by atoms with Crippen LogP contribution in [0.2, 0.25) is 0 Å². The SMILES string of the molecule is Cl.O=C(OC1CCN(Cc2ccccc2)CC1)c1ccc(C(F)(F)F)cc1[N+](=O)[O-]. The van der Waals surface area contributed by atoms with Gasteiger partial charge in [0.25, 0.3) is 5.69 Å². The Bertz CT molecular complexity index is 885. The van der Waals surface area contributed by atoms with Gasteiger partial charge in [-0.05, 0) is 30.5 Å². The number of nitrogens with zero attached hydrogens (tertiary/aromatic N) is 2. The Morgan fingerprint density at radius 2 is 1.77 bits per heavy atom. The number of nitro benzene ring substituents is 1. The van der Waals surface area contributed by atoms with Crippen LogP contribution in [-0.2, 0) is 17.5 Å². The molecule has 1 aliphatic heterocycles. The van der Waals surface area contributed by atoms with Gasteiger partial charge in [-0.2, -0.15) is 13.2 Å². The lowest BCUT2D eigenvalue weighted by molar-refractivity contribution is -0.385. The van der Waals surface area contributed by atoms with Crippen molar-refractivity contribution in [2.75, 3.05) is 13.1 Å². The van der Waals surface area contributed by atoms with Crippen molar-refractivity contribution in [3.63, 3.8) is 0 Å². The summed E-state index contributed by atoms with van der Waals surface area (Å²) < 4.78 is 43.7. The van der Waals surface area contributed by atoms with E-state index < -0.39 is 40.0 Å². The van der Waals surface area contributed by atoms with Gasteiger partial charge in [0.2, 0.25) is 0 Å². The molecule has 2 aromatic carbocycles. The largest absolute Gasteiger partial charge is 0.458 e. The lowest BCUT2D eigenvalue weighted by Crippen LogP contribution is -2.37. The van der Waals surface area contributed by atoms with E-state index in [9.17, 15) is 28.1 Å². The van der Waals surface area contributed by atoms with E-state index in [-0.39, 0.29) is 12.4 Å². The number of esters is 1. The Kier molecular flexibility index (Phi) is 7.80. The molecular weight excluding hydrogens is 425 g/mol. The fraction of sp³-hybridized carbons (Fsp3) is 0.350. The average molecular weight is 445 g/mol. The zero-order chi connectivity index (χ0) is 21.0. The van der Waals surface area contributed by atoms with E-state index in [1.807, 2.05) is 30.3 Å². The summed E-state index contributed by atoms with van der Waals surface area (Å²) in [5.74, 6) is -0.980. The number of likely N-dealkylation sites (tertiary alicyclic amines) is 1. The van der Waals surface area contributed by atoms with Crippen LogP contribution in [0.5, 0.6) is 0 Å². The minimum Gasteiger partial charge on any atom is -0.458 e. The predicted molar refractivity (Wildman–Crippen MR) is 106 cm³/mol. The fourth-order valence-electron chi connectivity index (χ4n) is 3.27. The highest BCUT2D eigenvalue weighted by molar-refractivity contribution is 5.94. The van der Waals surface area contributed by atoms with Crippen LogP contribution in [0.3, 0.4) is 0 Å². The molecule has 0 amide bonds. The molecule has 0 atom stereocenters. The highest BCUT2D eigenvalue weighted by Crippen LogP contribution is 2.33. The van der Waals surface area contributed by atoms with Crippen LogP contribution in [0, 0.1) is 10.1 Å². The molecule has 0 aromatic heterocycles. The van der Waals surface area contributed by atoms with Gasteiger partial charge in [-0.1, -0.05) is 30.3 Å². The lowest BCUT2D eigenvalue weighted by atomic mass is 10.1. The van der Waals surface area contributed by atoms with E-state index in [1.165, 1.54) is 5.56 Å². The normalized spacial score (nSPS) is 15.3. The summed E-state index contributed by atoms with van der Waals surface area (Å²) in [4.78, 5) is 24.7. The van der Waals surface area contributed by atoms with Gasteiger partial charge in [0, 0.05) is 25.7 Å². The third-order valence-corrected chi connectivity index (χ3v) is 4.80. The zero-order valence-corrected chi connectivity index (χ0v) is 16.6. The second-order valence-corrected chi connectivity index (χ2v) is 6.85. The van der Waals surface area contributed by atoms with Gasteiger partial charge in [-0.3, -0.25) is 15.0 Å². The number of nitro groups is 1. The molecule has 10 heteroatoms. The Labute approximate surface area is 177 Å². The van der Waals surface area contributed by atoms with E-state index in [1.54, 1.807) is 0 Å². The van der Waals surface area contributed by atoms with Gasteiger partial charge >= 0.3 is 12.1 Å². The third-order valence-electron chi connectivity index (χ3n) is 4.80. The number of ether oxygens (including phenoxy) is 1. The minimum atomic E-state index is -4.74. The summed E-state index contributed by atoms with van der Waals surface area (Å²) >= 11 is 0. The molecule has 0 aliphatic carbocycles. The molecule has 0 radical (unpaired) electrons. The van der Waals surface area contributed by atoms with Crippen molar-refractivity contribution in [3.05, 3.63) is 75.3 Å². The highest BCUT2D eigenvalue weighted by atomic mass is 35.5. The van der Waals surface area contributed by atoms with Crippen molar-refractivity contribution in [1.82, 2.24) is 4.90 Å². The number of benzene rings is 2. The molecular formula is C20H20ClF3N2O4. The average Bonchev–Trinajstić information content (AvgIpc) is 2.69. The second-order valence-electron chi connectivity index (χ2n) is 6.85. The van der Waals surface area contributed by atoms with Gasteiger partial charge in [0.15, 0.2) is 0 Å². The maximum atomic E-state index is 12.8. The summed E-state index contributed by atoms with van der Waals surface area (Å²) in [6, 6.07) is 11.7. The molecule has 0 bridgehead atoms. The predicted octanol–water partition coefficient (Wildman–Crippen LogP) is 4.86. The Balaban J connectivity index is 0.00000320. The molecule has 1 fully saturated rings. The van der Waals surface area contributed by atoms with Crippen molar-refractivity contribution in [3.8, 4) is 0 Å². The first-order valence-electron chi connectivity index (χ1n) is 9.07. The molecule has 3 rings (SSSR count). The Morgan fingerprint density at radius 3 is 2.33 bits per heavy atom. The van der Waals surface area contributed by atoms with Crippen molar-refractivity contribution in [1.29, 1.82) is 0 Å². The molecule has 0 spiro atoms. The molecule has 162 valence electrons. The third kappa shape index (κ3) is 5.93. The Hall–Kier alpha value is -2.65. The van der Waals surface area contributed by atoms with E-state index in [4.69, 9.17) is 4.74 Å². The van der Waals surface area contributed by atoms with Gasteiger partial charge in [-0.25, -0.2) is 4.79 Å². The van der Waals surface area contributed by atoms with E-state index in [0.29, 0.717) is 38.1 Å². The van der Waals surface area contributed by atoms with Crippen LogP contribution < -0.4 is 0 Å². The van der Waals surface area contributed by atoms with Crippen molar-refractivity contribution < 1.29 is 27.6 Å².